The Hall–Kier alpha value is -6.05. The van der Waals surface area contributed by atoms with Crippen LogP contribution in [-0.4, -0.2) is 4.98 Å². The third-order valence-corrected chi connectivity index (χ3v) is 9.24. The molecule has 1 heterocycles. The molecule has 1 heteroatoms. The van der Waals surface area contributed by atoms with Crippen LogP contribution in [0.15, 0.2) is 176 Å². The third kappa shape index (κ3) is 4.45. The summed E-state index contributed by atoms with van der Waals surface area (Å²) < 4.78 is 0. The highest BCUT2D eigenvalue weighted by Gasteiger charge is 2.14. The molecule has 0 amide bonds. The molecule has 0 saturated heterocycles. The summed E-state index contributed by atoms with van der Waals surface area (Å²) in [4.78, 5) is 5.14. The van der Waals surface area contributed by atoms with Gasteiger partial charge in [-0.15, -0.1) is 0 Å². The minimum Gasteiger partial charge on any atom is -0.248 e. The second-order valence-corrected chi connectivity index (χ2v) is 12.0. The Kier molecular flexibility index (Phi) is 6.21. The molecule has 1 nitrogen and oxygen atoms in total. The summed E-state index contributed by atoms with van der Waals surface area (Å²) in [5, 5.41) is 8.76. The number of pyridine rings is 1. The van der Waals surface area contributed by atoms with Crippen LogP contribution in [-0.2, 0) is 0 Å². The lowest BCUT2D eigenvalue weighted by molar-refractivity contribution is 1.40. The van der Waals surface area contributed by atoms with Gasteiger partial charge in [0.15, 0.2) is 0 Å². The molecule has 0 saturated carbocycles. The lowest BCUT2D eigenvalue weighted by Crippen LogP contribution is -1.91. The van der Waals surface area contributed by atoms with E-state index in [1.807, 2.05) is 0 Å². The number of hydrogen-bond acceptors (Lipinski definition) is 1. The van der Waals surface area contributed by atoms with E-state index in [2.05, 4.69) is 176 Å². The second-order valence-electron chi connectivity index (χ2n) is 12.0. The fraction of sp³-hybridized carbons (Fsp3) is 0. The smallest absolute Gasteiger partial charge is 0.0722 e. The summed E-state index contributed by atoms with van der Waals surface area (Å²) in [5.41, 5.74) is 10.4. The topological polar surface area (TPSA) is 12.9 Å². The molecule has 0 atom stereocenters. The zero-order valence-corrected chi connectivity index (χ0v) is 25.2. The van der Waals surface area contributed by atoms with E-state index in [9.17, 15) is 0 Å². The zero-order chi connectivity index (χ0) is 30.5. The molecule has 1 aromatic heterocycles. The van der Waals surface area contributed by atoms with Crippen molar-refractivity contribution in [3.05, 3.63) is 176 Å². The molecule has 9 rings (SSSR count). The summed E-state index contributed by atoms with van der Waals surface area (Å²) in [6.07, 6.45) is 0. The molecule has 214 valence electrons. The molecule has 8 aromatic carbocycles. The predicted octanol–water partition coefficient (Wildman–Crippen LogP) is 12.4. The van der Waals surface area contributed by atoms with Crippen molar-refractivity contribution in [2.45, 2.75) is 0 Å². The Morgan fingerprint density at radius 3 is 1.76 bits per heavy atom. The summed E-state index contributed by atoms with van der Waals surface area (Å²) in [6, 6.07) is 63.4. The first-order valence-electron chi connectivity index (χ1n) is 15.8. The fourth-order valence-electron chi connectivity index (χ4n) is 6.99. The van der Waals surface area contributed by atoms with Crippen molar-refractivity contribution < 1.29 is 0 Å². The van der Waals surface area contributed by atoms with Crippen LogP contribution in [0.4, 0.5) is 0 Å². The first kappa shape index (κ1) is 26.4. The number of benzene rings is 8. The summed E-state index contributed by atoms with van der Waals surface area (Å²) in [6.45, 7) is 0. The second kappa shape index (κ2) is 10.8. The van der Waals surface area contributed by atoms with Gasteiger partial charge in [0.1, 0.15) is 0 Å². The molecule has 46 heavy (non-hydrogen) atoms. The van der Waals surface area contributed by atoms with Gasteiger partial charge in [-0.2, -0.15) is 0 Å². The minimum absolute atomic E-state index is 0.982. The Labute approximate surface area is 268 Å². The van der Waals surface area contributed by atoms with E-state index in [1.165, 1.54) is 71.1 Å². The molecule has 0 N–H and O–H groups in total. The van der Waals surface area contributed by atoms with Gasteiger partial charge in [-0.25, -0.2) is 4.98 Å². The van der Waals surface area contributed by atoms with Gasteiger partial charge in [-0.1, -0.05) is 152 Å². The monoisotopic (exact) mass is 583 g/mol. The Morgan fingerprint density at radius 2 is 0.935 bits per heavy atom. The summed E-state index contributed by atoms with van der Waals surface area (Å²) in [5.74, 6) is 0. The van der Waals surface area contributed by atoms with Crippen LogP contribution >= 0.6 is 0 Å². The summed E-state index contributed by atoms with van der Waals surface area (Å²) >= 11 is 0. The fourth-order valence-corrected chi connectivity index (χ4v) is 6.99. The maximum absolute atomic E-state index is 5.14. The van der Waals surface area contributed by atoms with E-state index in [4.69, 9.17) is 4.98 Å². The number of rotatable bonds is 4. The molecular formula is C45H29N. The van der Waals surface area contributed by atoms with Crippen LogP contribution in [0, 0.1) is 0 Å². The lowest BCUT2D eigenvalue weighted by atomic mass is 9.91. The van der Waals surface area contributed by atoms with Gasteiger partial charge in [-0.3, -0.25) is 0 Å². The molecule has 0 aliphatic rings. The largest absolute Gasteiger partial charge is 0.248 e. The first-order chi connectivity index (χ1) is 22.8. The van der Waals surface area contributed by atoms with Crippen molar-refractivity contribution >= 4 is 43.2 Å². The molecule has 0 unspecified atom stereocenters. The van der Waals surface area contributed by atoms with Gasteiger partial charge >= 0.3 is 0 Å². The van der Waals surface area contributed by atoms with Gasteiger partial charge in [0.25, 0.3) is 0 Å². The van der Waals surface area contributed by atoms with E-state index < -0.39 is 0 Å². The Bertz CT molecular complexity index is 2560. The van der Waals surface area contributed by atoms with E-state index in [0.29, 0.717) is 0 Å². The highest BCUT2D eigenvalue weighted by atomic mass is 14.7. The highest BCUT2D eigenvalue weighted by Crippen LogP contribution is 2.39. The van der Waals surface area contributed by atoms with E-state index in [0.717, 1.165) is 16.8 Å². The van der Waals surface area contributed by atoms with Crippen molar-refractivity contribution in [1.82, 2.24) is 4.98 Å². The van der Waals surface area contributed by atoms with Gasteiger partial charge in [-0.05, 0) is 90.0 Å². The molecule has 9 aromatic rings. The predicted molar refractivity (Wildman–Crippen MR) is 196 cm³/mol. The third-order valence-electron chi connectivity index (χ3n) is 9.24. The highest BCUT2D eigenvalue weighted by molar-refractivity contribution is 6.15. The van der Waals surface area contributed by atoms with Crippen molar-refractivity contribution in [1.29, 1.82) is 0 Å². The SMILES string of the molecule is c1ccc(-c2cc(-c3cccc(-c4ccc(-c5cc6ccccc6c6ccccc56)cc4)c3)c3c(ccc4ccccc43)n2)cc1. The normalized spacial score (nSPS) is 11.5. The average molecular weight is 584 g/mol. The van der Waals surface area contributed by atoms with Gasteiger partial charge in [0.05, 0.1) is 11.2 Å². The Morgan fingerprint density at radius 1 is 0.304 bits per heavy atom. The van der Waals surface area contributed by atoms with E-state index in [-0.39, 0.29) is 0 Å². The van der Waals surface area contributed by atoms with Crippen LogP contribution in [0.1, 0.15) is 0 Å². The van der Waals surface area contributed by atoms with Crippen molar-refractivity contribution in [2.75, 3.05) is 0 Å². The Balaban J connectivity index is 1.18. The number of fused-ring (bicyclic) bond motifs is 6. The molecule has 0 radical (unpaired) electrons. The number of hydrogen-bond donors (Lipinski definition) is 0. The molecule has 0 fully saturated rings. The van der Waals surface area contributed by atoms with Crippen molar-refractivity contribution in [3.8, 4) is 44.6 Å². The first-order valence-corrected chi connectivity index (χ1v) is 15.8. The van der Waals surface area contributed by atoms with Gasteiger partial charge in [0.2, 0.25) is 0 Å². The number of nitrogens with zero attached hydrogens (tertiary/aromatic N) is 1. The standard InChI is InChI=1S/C45H29N/c1-2-12-33(13-3-1)44-29-42(45-38-18-7-4-11-31(38)25-26-43(45)46-44)35-16-10-15-34(27-35)30-21-23-32(24-22-30)41-28-36-14-5-6-17-37(36)39-19-8-9-20-40(39)41/h1-29H. The van der Waals surface area contributed by atoms with Crippen molar-refractivity contribution in [3.63, 3.8) is 0 Å². The summed E-state index contributed by atoms with van der Waals surface area (Å²) in [7, 11) is 0. The van der Waals surface area contributed by atoms with Crippen LogP contribution in [0.3, 0.4) is 0 Å². The van der Waals surface area contributed by atoms with Gasteiger partial charge < -0.3 is 0 Å². The van der Waals surface area contributed by atoms with Crippen molar-refractivity contribution in [2.24, 2.45) is 0 Å². The van der Waals surface area contributed by atoms with E-state index in [1.54, 1.807) is 0 Å². The molecule has 0 aliphatic heterocycles. The quantitative estimate of drug-likeness (QED) is 0.188. The van der Waals surface area contributed by atoms with E-state index >= 15 is 0 Å². The van der Waals surface area contributed by atoms with Crippen LogP contribution < -0.4 is 0 Å². The maximum Gasteiger partial charge on any atom is 0.0722 e. The average Bonchev–Trinajstić information content (AvgIpc) is 3.14. The zero-order valence-electron chi connectivity index (χ0n) is 25.2. The molecular weight excluding hydrogens is 555 g/mol. The van der Waals surface area contributed by atoms with Crippen LogP contribution in [0.2, 0.25) is 0 Å². The van der Waals surface area contributed by atoms with Crippen LogP contribution in [0.25, 0.3) is 87.9 Å². The minimum atomic E-state index is 0.982. The number of aromatic nitrogens is 1. The molecule has 0 aliphatic carbocycles. The lowest BCUT2D eigenvalue weighted by Gasteiger charge is -2.14. The van der Waals surface area contributed by atoms with Gasteiger partial charge in [0, 0.05) is 10.9 Å². The molecule has 0 spiro atoms. The van der Waals surface area contributed by atoms with Crippen LogP contribution in [0.5, 0.6) is 0 Å². The maximum atomic E-state index is 5.14. The molecule has 0 bridgehead atoms.